The van der Waals surface area contributed by atoms with Gasteiger partial charge in [-0.1, -0.05) is 13.3 Å². The minimum atomic E-state index is 0. The van der Waals surface area contributed by atoms with Crippen molar-refractivity contribution in [3.05, 3.63) is 42.0 Å². The number of hydrogen-bond acceptors (Lipinski definition) is 2. The lowest BCUT2D eigenvalue weighted by molar-refractivity contribution is -0.634. The second kappa shape index (κ2) is 8.09. The molecular formula is C22H27IN2O2. The van der Waals surface area contributed by atoms with E-state index >= 15 is 0 Å². The maximum absolute atomic E-state index is 5.50. The highest BCUT2D eigenvalue weighted by Gasteiger charge is 2.36. The third kappa shape index (κ3) is 3.30. The maximum atomic E-state index is 5.50. The highest BCUT2D eigenvalue weighted by molar-refractivity contribution is 5.79. The number of halogens is 1. The Balaban J connectivity index is 0.00000210. The summed E-state index contributed by atoms with van der Waals surface area (Å²) in [5, 5.41) is 0. The molecule has 1 aliphatic rings. The number of hydrogen-bond donors (Lipinski definition) is 0. The van der Waals surface area contributed by atoms with Gasteiger partial charge < -0.3 is 33.5 Å². The van der Waals surface area contributed by atoms with Crippen molar-refractivity contribution >= 4 is 11.0 Å². The molecule has 2 heterocycles. The maximum Gasteiger partial charge on any atom is 0.290 e. The molecule has 0 N–H and O–H groups in total. The molecule has 1 atom stereocenters. The summed E-state index contributed by atoms with van der Waals surface area (Å²) in [6.07, 6.45) is 4.67. The molecule has 0 fully saturated rings. The number of methoxy groups -OCH3 is 2. The number of benzene rings is 2. The monoisotopic (exact) mass is 478 g/mol. The van der Waals surface area contributed by atoms with Crippen molar-refractivity contribution in [2.45, 2.75) is 38.6 Å². The zero-order valence-electron chi connectivity index (χ0n) is 16.5. The van der Waals surface area contributed by atoms with Crippen LogP contribution in [0.5, 0.6) is 11.5 Å². The Kier molecular flexibility index (Phi) is 5.99. The van der Waals surface area contributed by atoms with E-state index in [0.29, 0.717) is 6.04 Å². The van der Waals surface area contributed by atoms with Crippen LogP contribution in [0.4, 0.5) is 0 Å². The fourth-order valence-corrected chi connectivity index (χ4v) is 4.28. The second-order valence-corrected chi connectivity index (χ2v) is 7.13. The smallest absolute Gasteiger partial charge is 0.290 e. The first-order valence-electron chi connectivity index (χ1n) is 9.43. The van der Waals surface area contributed by atoms with E-state index in [1.54, 1.807) is 14.2 Å². The molecule has 0 radical (unpaired) electrons. The Labute approximate surface area is 178 Å². The van der Waals surface area contributed by atoms with Crippen LogP contribution in [0, 0.1) is 0 Å². The number of fused-ring (bicyclic) bond motifs is 5. The van der Waals surface area contributed by atoms with Crippen LogP contribution in [0.2, 0.25) is 0 Å². The van der Waals surface area contributed by atoms with Crippen LogP contribution >= 0.6 is 0 Å². The van der Waals surface area contributed by atoms with Crippen molar-refractivity contribution in [1.82, 2.24) is 4.57 Å². The summed E-state index contributed by atoms with van der Waals surface area (Å²) in [4.78, 5) is 0. The van der Waals surface area contributed by atoms with Crippen molar-refractivity contribution in [3.63, 3.8) is 0 Å². The molecule has 0 saturated carbocycles. The minimum absolute atomic E-state index is 0. The average Bonchev–Trinajstić information content (AvgIpc) is 2.98. The third-order valence-corrected chi connectivity index (χ3v) is 5.61. The van der Waals surface area contributed by atoms with E-state index in [1.165, 1.54) is 47.2 Å². The molecule has 1 unspecified atom stereocenters. The molecule has 27 heavy (non-hydrogen) atoms. The van der Waals surface area contributed by atoms with Gasteiger partial charge in [0.1, 0.15) is 17.5 Å². The largest absolute Gasteiger partial charge is 1.00 e. The highest BCUT2D eigenvalue weighted by Crippen LogP contribution is 2.40. The van der Waals surface area contributed by atoms with Crippen LogP contribution in [-0.4, -0.2) is 18.8 Å². The molecule has 4 rings (SSSR count). The summed E-state index contributed by atoms with van der Waals surface area (Å²) in [5.74, 6) is 3.12. The molecule has 0 amide bonds. The van der Waals surface area contributed by atoms with Crippen LogP contribution in [0.25, 0.3) is 22.4 Å². The number of ether oxygens (including phenoxy) is 2. The molecule has 0 saturated heterocycles. The lowest BCUT2D eigenvalue weighted by Crippen LogP contribution is -3.00. The summed E-state index contributed by atoms with van der Waals surface area (Å²) >= 11 is 0. The molecule has 3 aromatic rings. The first kappa shape index (κ1) is 20.0. The van der Waals surface area contributed by atoms with Crippen molar-refractivity contribution in [1.29, 1.82) is 0 Å². The number of unbranched alkanes of at least 4 members (excludes halogenated alkanes) is 1. The van der Waals surface area contributed by atoms with E-state index in [9.17, 15) is 0 Å². The van der Waals surface area contributed by atoms with Crippen LogP contribution in [0.3, 0.4) is 0 Å². The Morgan fingerprint density at radius 2 is 1.78 bits per heavy atom. The molecule has 5 heteroatoms. The number of aromatic nitrogens is 2. The van der Waals surface area contributed by atoms with Gasteiger partial charge in [-0.25, -0.2) is 9.13 Å². The molecule has 0 bridgehead atoms. The average molecular weight is 478 g/mol. The molecule has 4 nitrogen and oxygen atoms in total. The molecular weight excluding hydrogens is 451 g/mol. The molecule has 1 aliphatic heterocycles. The quantitative estimate of drug-likeness (QED) is 0.410. The molecule has 144 valence electrons. The van der Waals surface area contributed by atoms with Gasteiger partial charge in [0.25, 0.3) is 5.82 Å². The van der Waals surface area contributed by atoms with Crippen molar-refractivity contribution in [2.24, 2.45) is 7.05 Å². The predicted octanol–water partition coefficient (Wildman–Crippen LogP) is 1.44. The first-order chi connectivity index (χ1) is 12.7. The lowest BCUT2D eigenvalue weighted by atomic mass is 9.92. The number of rotatable bonds is 5. The molecule has 1 aromatic heterocycles. The molecule has 0 aliphatic carbocycles. The third-order valence-electron chi connectivity index (χ3n) is 5.61. The SMILES string of the molecule is CCCCC1Cc2cc(OC)ccc2-c2n1c1cc(OC)ccc1[n+]2C.[I-]. The topological polar surface area (TPSA) is 27.3 Å². The summed E-state index contributed by atoms with van der Waals surface area (Å²) in [5.41, 5.74) is 5.18. The first-order valence-corrected chi connectivity index (χ1v) is 9.43. The normalized spacial score (nSPS) is 15.0. The number of nitrogens with zero attached hydrogens (tertiary/aromatic N) is 2. The summed E-state index contributed by atoms with van der Waals surface area (Å²) < 4.78 is 15.8. The van der Waals surface area contributed by atoms with Gasteiger partial charge >= 0.3 is 0 Å². The summed E-state index contributed by atoms with van der Waals surface area (Å²) in [6.45, 7) is 2.26. The van der Waals surface area contributed by atoms with Gasteiger partial charge in [-0.3, -0.25) is 0 Å². The standard InChI is InChI=1S/C22H27N2O2.HI/c1-5-6-7-16-12-15-13-17(25-3)8-10-19(15)22-23(2)20-11-9-18(26-4)14-21(20)24(16)22;/h8-11,13-14,16H,5-7,12H2,1-4H3;1H/q+1;/p-1. The zero-order valence-corrected chi connectivity index (χ0v) is 18.6. The fraction of sp³-hybridized carbons (Fsp3) is 0.409. The van der Waals surface area contributed by atoms with Crippen LogP contribution < -0.4 is 38.0 Å². The van der Waals surface area contributed by atoms with Gasteiger partial charge in [-0.15, -0.1) is 0 Å². The van der Waals surface area contributed by atoms with E-state index in [2.05, 4.69) is 53.4 Å². The van der Waals surface area contributed by atoms with Crippen LogP contribution in [0.1, 0.15) is 37.8 Å². The summed E-state index contributed by atoms with van der Waals surface area (Å²) in [6, 6.07) is 13.3. The van der Waals surface area contributed by atoms with Gasteiger partial charge in [0.2, 0.25) is 0 Å². The van der Waals surface area contributed by atoms with E-state index in [0.717, 1.165) is 17.9 Å². The van der Waals surface area contributed by atoms with Gasteiger partial charge in [0.15, 0.2) is 11.0 Å². The molecule has 0 spiro atoms. The fourth-order valence-electron chi connectivity index (χ4n) is 4.28. The Hall–Kier alpha value is -1.76. The van der Waals surface area contributed by atoms with Gasteiger partial charge in [-0.2, -0.15) is 0 Å². The van der Waals surface area contributed by atoms with Crippen molar-refractivity contribution in [3.8, 4) is 22.9 Å². The van der Waals surface area contributed by atoms with Crippen LogP contribution in [0.15, 0.2) is 36.4 Å². The number of aryl methyl sites for hydroxylation is 1. The minimum Gasteiger partial charge on any atom is -1.00 e. The van der Waals surface area contributed by atoms with E-state index in [4.69, 9.17) is 9.47 Å². The zero-order chi connectivity index (χ0) is 18.3. The van der Waals surface area contributed by atoms with E-state index in [1.807, 2.05) is 6.07 Å². The van der Waals surface area contributed by atoms with E-state index in [-0.39, 0.29) is 24.0 Å². The van der Waals surface area contributed by atoms with Crippen molar-refractivity contribution in [2.75, 3.05) is 14.2 Å². The van der Waals surface area contributed by atoms with Crippen molar-refractivity contribution < 1.29 is 38.0 Å². The van der Waals surface area contributed by atoms with Gasteiger partial charge in [0.05, 0.1) is 26.8 Å². The molecule has 2 aromatic carbocycles. The Morgan fingerprint density at radius 1 is 1.07 bits per heavy atom. The van der Waals surface area contributed by atoms with Gasteiger partial charge in [-0.05, 0) is 48.7 Å². The van der Waals surface area contributed by atoms with Crippen LogP contribution in [-0.2, 0) is 13.5 Å². The van der Waals surface area contributed by atoms with E-state index < -0.39 is 0 Å². The summed E-state index contributed by atoms with van der Waals surface area (Å²) in [7, 11) is 5.64. The Bertz CT molecular complexity index is 965. The van der Waals surface area contributed by atoms with Gasteiger partial charge in [0, 0.05) is 12.5 Å². The lowest BCUT2D eigenvalue weighted by Gasteiger charge is -2.23. The Morgan fingerprint density at radius 3 is 2.48 bits per heavy atom. The predicted molar refractivity (Wildman–Crippen MR) is 104 cm³/mol. The number of imidazole rings is 1. The highest BCUT2D eigenvalue weighted by atomic mass is 127. The second-order valence-electron chi connectivity index (χ2n) is 7.13.